The minimum atomic E-state index is -4.50. The second-order valence-electron chi connectivity index (χ2n) is 4.41. The highest BCUT2D eigenvalue weighted by Gasteiger charge is 2.29. The van der Waals surface area contributed by atoms with E-state index < -0.39 is 24.8 Å². The van der Waals surface area contributed by atoms with Gasteiger partial charge in [-0.05, 0) is 6.92 Å². The van der Waals surface area contributed by atoms with Crippen LogP contribution in [0.4, 0.5) is 13.2 Å². The molecule has 0 fully saturated rings. The fraction of sp³-hybridized carbons (Fsp3) is 0.267. The smallest absolute Gasteiger partial charge is 0.422 e. The van der Waals surface area contributed by atoms with Gasteiger partial charge in [-0.1, -0.05) is 30.3 Å². The van der Waals surface area contributed by atoms with Crippen molar-refractivity contribution in [2.75, 3.05) is 13.2 Å². The molecule has 0 unspecified atom stereocenters. The molecule has 0 radical (unpaired) electrons. The lowest BCUT2D eigenvalue weighted by atomic mass is 10.1. The maximum Gasteiger partial charge on any atom is 0.422 e. The predicted octanol–water partition coefficient (Wildman–Crippen LogP) is 3.26. The number of aromatic nitrogens is 2. The number of alkyl halides is 3. The van der Waals surface area contributed by atoms with Crippen LogP contribution >= 0.6 is 0 Å². The predicted molar refractivity (Wildman–Crippen MR) is 75.0 cm³/mol. The van der Waals surface area contributed by atoms with E-state index in [0.29, 0.717) is 5.56 Å². The number of carbonyl (C=O) groups is 1. The van der Waals surface area contributed by atoms with Crippen molar-refractivity contribution in [2.24, 2.45) is 0 Å². The number of ether oxygens (including phenoxy) is 2. The van der Waals surface area contributed by atoms with Crippen molar-refractivity contribution in [3.8, 4) is 17.3 Å². The lowest BCUT2D eigenvalue weighted by molar-refractivity contribution is -0.154. The summed E-state index contributed by atoms with van der Waals surface area (Å²) in [5, 5.41) is 0. The molecule has 0 aliphatic carbocycles. The normalized spacial score (nSPS) is 11.1. The largest absolute Gasteiger partial charge is 0.462 e. The highest BCUT2D eigenvalue weighted by Crippen LogP contribution is 2.24. The van der Waals surface area contributed by atoms with Crippen LogP contribution in [0.5, 0.6) is 6.01 Å². The van der Waals surface area contributed by atoms with Crippen molar-refractivity contribution >= 4 is 5.97 Å². The van der Waals surface area contributed by atoms with Gasteiger partial charge in [-0.25, -0.2) is 9.78 Å². The zero-order valence-electron chi connectivity index (χ0n) is 12.1. The van der Waals surface area contributed by atoms with Gasteiger partial charge >= 0.3 is 18.2 Å². The Labute approximate surface area is 130 Å². The Hall–Kier alpha value is -2.64. The quantitative estimate of drug-likeness (QED) is 0.789. The van der Waals surface area contributed by atoms with Crippen LogP contribution in [0.25, 0.3) is 11.3 Å². The van der Waals surface area contributed by atoms with Gasteiger partial charge in [0.15, 0.2) is 6.61 Å². The summed E-state index contributed by atoms with van der Waals surface area (Å²) in [4.78, 5) is 19.5. The Bertz CT molecular complexity index is 675. The molecule has 0 saturated carbocycles. The van der Waals surface area contributed by atoms with Gasteiger partial charge in [0, 0.05) is 11.8 Å². The third kappa shape index (κ3) is 4.67. The highest BCUT2D eigenvalue weighted by atomic mass is 19.4. The lowest BCUT2D eigenvalue weighted by Crippen LogP contribution is -2.20. The van der Waals surface area contributed by atoms with Crippen LogP contribution in [-0.2, 0) is 4.74 Å². The average molecular weight is 326 g/mol. The van der Waals surface area contributed by atoms with E-state index in [0.717, 1.165) is 6.20 Å². The molecule has 0 bridgehead atoms. The van der Waals surface area contributed by atoms with Crippen LogP contribution in [0.1, 0.15) is 17.3 Å². The number of nitrogens with zero attached hydrogens (tertiary/aromatic N) is 2. The van der Waals surface area contributed by atoms with Crippen molar-refractivity contribution < 1.29 is 27.4 Å². The van der Waals surface area contributed by atoms with Gasteiger partial charge in [-0.15, -0.1) is 0 Å². The van der Waals surface area contributed by atoms with E-state index in [4.69, 9.17) is 4.74 Å². The summed E-state index contributed by atoms with van der Waals surface area (Å²) < 4.78 is 46.1. The number of benzene rings is 1. The van der Waals surface area contributed by atoms with Gasteiger partial charge in [-0.3, -0.25) is 0 Å². The fourth-order valence-corrected chi connectivity index (χ4v) is 1.76. The fourth-order valence-electron chi connectivity index (χ4n) is 1.76. The first kappa shape index (κ1) is 16.7. The molecule has 0 aliphatic rings. The number of hydrogen-bond donors (Lipinski definition) is 0. The van der Waals surface area contributed by atoms with E-state index in [-0.39, 0.29) is 17.9 Å². The SMILES string of the molecule is CCOC(=O)c1cnc(OCC(F)(F)F)nc1-c1ccccc1. The monoisotopic (exact) mass is 326 g/mol. The van der Waals surface area contributed by atoms with Gasteiger partial charge in [-0.2, -0.15) is 18.2 Å². The van der Waals surface area contributed by atoms with Gasteiger partial charge in [0.25, 0.3) is 0 Å². The van der Waals surface area contributed by atoms with Crippen LogP contribution in [-0.4, -0.2) is 35.3 Å². The van der Waals surface area contributed by atoms with Gasteiger partial charge in [0.2, 0.25) is 0 Å². The van der Waals surface area contributed by atoms with Crippen molar-refractivity contribution in [1.82, 2.24) is 9.97 Å². The number of halogens is 3. The molecule has 0 saturated heterocycles. The van der Waals surface area contributed by atoms with E-state index in [2.05, 4.69) is 14.7 Å². The summed E-state index contributed by atoms with van der Waals surface area (Å²) in [6.07, 6.45) is -3.41. The zero-order chi connectivity index (χ0) is 16.9. The standard InChI is InChI=1S/C15H13F3N2O3/c1-2-22-13(21)11-8-19-14(23-9-15(16,17)18)20-12(11)10-6-4-3-5-7-10/h3-8H,2,9H2,1H3. The molecule has 1 heterocycles. The van der Waals surface area contributed by atoms with E-state index in [1.165, 1.54) is 0 Å². The minimum Gasteiger partial charge on any atom is -0.462 e. The van der Waals surface area contributed by atoms with Crippen molar-refractivity contribution in [3.05, 3.63) is 42.1 Å². The highest BCUT2D eigenvalue weighted by molar-refractivity contribution is 5.95. The molecule has 2 rings (SSSR count). The van der Waals surface area contributed by atoms with E-state index >= 15 is 0 Å². The van der Waals surface area contributed by atoms with Crippen molar-refractivity contribution in [3.63, 3.8) is 0 Å². The summed E-state index contributed by atoms with van der Waals surface area (Å²) in [7, 11) is 0. The molecule has 2 aromatic rings. The molecule has 0 spiro atoms. The maximum absolute atomic E-state index is 12.2. The van der Waals surface area contributed by atoms with E-state index in [9.17, 15) is 18.0 Å². The topological polar surface area (TPSA) is 61.3 Å². The van der Waals surface area contributed by atoms with Crippen LogP contribution in [0, 0.1) is 0 Å². The number of esters is 1. The summed E-state index contributed by atoms with van der Waals surface area (Å²) in [6, 6.07) is 8.05. The van der Waals surface area contributed by atoms with Gasteiger partial charge < -0.3 is 9.47 Å². The maximum atomic E-state index is 12.2. The molecular formula is C15H13F3N2O3. The molecule has 0 aliphatic heterocycles. The number of hydrogen-bond acceptors (Lipinski definition) is 5. The first-order valence-electron chi connectivity index (χ1n) is 6.70. The number of rotatable bonds is 5. The second kappa shape index (κ2) is 7.08. The molecule has 0 N–H and O–H groups in total. The van der Waals surface area contributed by atoms with Crippen LogP contribution in [0.3, 0.4) is 0 Å². The van der Waals surface area contributed by atoms with Gasteiger partial charge in [0.1, 0.15) is 5.56 Å². The molecule has 0 atom stereocenters. The molecule has 5 nitrogen and oxygen atoms in total. The van der Waals surface area contributed by atoms with E-state index in [1.54, 1.807) is 37.3 Å². The Kier molecular flexibility index (Phi) is 5.15. The Balaban J connectivity index is 2.38. The Morgan fingerprint density at radius 3 is 2.52 bits per heavy atom. The first-order valence-corrected chi connectivity index (χ1v) is 6.70. The van der Waals surface area contributed by atoms with Crippen LogP contribution in [0.15, 0.2) is 36.5 Å². The van der Waals surface area contributed by atoms with E-state index in [1.807, 2.05) is 0 Å². The molecule has 1 aromatic carbocycles. The van der Waals surface area contributed by atoms with Gasteiger partial charge in [0.05, 0.1) is 12.3 Å². The zero-order valence-corrected chi connectivity index (χ0v) is 12.1. The average Bonchev–Trinajstić information content (AvgIpc) is 2.53. The Morgan fingerprint density at radius 2 is 1.91 bits per heavy atom. The summed E-state index contributed by atoms with van der Waals surface area (Å²) in [5.74, 6) is -0.659. The third-order valence-corrected chi connectivity index (χ3v) is 2.67. The molecule has 0 amide bonds. The van der Waals surface area contributed by atoms with Crippen LogP contribution in [0.2, 0.25) is 0 Å². The third-order valence-electron chi connectivity index (χ3n) is 2.67. The summed E-state index contributed by atoms with van der Waals surface area (Å²) in [5.41, 5.74) is 0.739. The van der Waals surface area contributed by atoms with Crippen molar-refractivity contribution in [2.45, 2.75) is 13.1 Å². The molecular weight excluding hydrogens is 313 g/mol. The molecule has 8 heteroatoms. The van der Waals surface area contributed by atoms with Crippen LogP contribution < -0.4 is 4.74 Å². The molecule has 122 valence electrons. The molecule has 23 heavy (non-hydrogen) atoms. The number of carbonyl (C=O) groups excluding carboxylic acids is 1. The summed E-state index contributed by atoms with van der Waals surface area (Å²) >= 11 is 0. The lowest BCUT2D eigenvalue weighted by Gasteiger charge is -2.11. The Morgan fingerprint density at radius 1 is 1.22 bits per heavy atom. The second-order valence-corrected chi connectivity index (χ2v) is 4.41. The molecule has 1 aromatic heterocycles. The summed E-state index contributed by atoms with van der Waals surface area (Å²) in [6.45, 7) is 0.279. The minimum absolute atomic E-state index is 0.0532. The van der Waals surface area contributed by atoms with Crippen molar-refractivity contribution in [1.29, 1.82) is 0 Å². The first-order chi connectivity index (χ1) is 10.9.